The second-order valence-electron chi connectivity index (χ2n) is 7.95. The van der Waals surface area contributed by atoms with Crippen LogP contribution in [0.2, 0.25) is 18.1 Å². The van der Waals surface area contributed by atoms with Gasteiger partial charge >= 0.3 is 0 Å². The highest BCUT2D eigenvalue weighted by atomic mass is 28.4. The molecule has 114 valence electrons. The molecule has 0 bridgehead atoms. The Hall–Kier alpha value is -1.06. The van der Waals surface area contributed by atoms with Crippen LogP contribution in [-0.2, 0) is 4.43 Å². The molecule has 1 heterocycles. The molecule has 1 saturated carbocycles. The van der Waals surface area contributed by atoms with Gasteiger partial charge in [0.05, 0.1) is 0 Å². The maximum atomic E-state index is 6.51. The van der Waals surface area contributed by atoms with E-state index in [0.717, 1.165) is 0 Å². The average molecular weight is 302 g/mol. The summed E-state index contributed by atoms with van der Waals surface area (Å²) in [5.41, 5.74) is 2.74. The summed E-state index contributed by atoms with van der Waals surface area (Å²) >= 11 is 0. The fraction of sp³-hybridized carbons (Fsp3) is 0.556. The van der Waals surface area contributed by atoms with E-state index in [0.29, 0.717) is 17.1 Å². The van der Waals surface area contributed by atoms with Gasteiger partial charge in [0.2, 0.25) is 0 Å². The Morgan fingerprint density at radius 2 is 1.86 bits per heavy atom. The van der Waals surface area contributed by atoms with E-state index in [9.17, 15) is 0 Å². The minimum absolute atomic E-state index is 0.304. The number of benzene rings is 1. The van der Waals surface area contributed by atoms with Gasteiger partial charge in [0.15, 0.2) is 8.32 Å². The molecule has 1 aliphatic carbocycles. The third-order valence-electron chi connectivity index (χ3n) is 5.43. The van der Waals surface area contributed by atoms with Gasteiger partial charge in [-0.3, -0.25) is 0 Å². The molecule has 0 spiro atoms. The molecule has 1 aliphatic rings. The Bertz CT molecular complexity index is 632. The van der Waals surface area contributed by atoms with E-state index in [1.165, 1.54) is 29.3 Å². The van der Waals surface area contributed by atoms with E-state index < -0.39 is 8.32 Å². The quantitative estimate of drug-likeness (QED) is 0.751. The highest BCUT2D eigenvalue weighted by Crippen LogP contribution is 2.45. The predicted octanol–water partition coefficient (Wildman–Crippen LogP) is 5.44. The lowest BCUT2D eigenvalue weighted by Gasteiger charge is -2.45. The van der Waals surface area contributed by atoms with Crippen LogP contribution >= 0.6 is 0 Å². The van der Waals surface area contributed by atoms with Crippen molar-refractivity contribution in [3.8, 4) is 0 Å². The number of H-pyrrole nitrogens is 1. The zero-order valence-electron chi connectivity index (χ0n) is 13.9. The Morgan fingerprint density at radius 1 is 1.14 bits per heavy atom. The first-order valence-electron chi connectivity index (χ1n) is 8.02. The topological polar surface area (TPSA) is 25.0 Å². The van der Waals surface area contributed by atoms with Gasteiger partial charge in [-0.15, -0.1) is 0 Å². The maximum Gasteiger partial charge on any atom is 0.192 e. The van der Waals surface area contributed by atoms with E-state index in [4.69, 9.17) is 4.43 Å². The van der Waals surface area contributed by atoms with Gasteiger partial charge in [0.1, 0.15) is 0 Å². The summed E-state index contributed by atoms with van der Waals surface area (Å²) in [7, 11) is -1.62. The second-order valence-corrected chi connectivity index (χ2v) is 12.7. The highest BCUT2D eigenvalue weighted by molar-refractivity contribution is 6.74. The average Bonchev–Trinajstić information content (AvgIpc) is 2.80. The molecule has 2 aromatic rings. The van der Waals surface area contributed by atoms with Gasteiger partial charge in [-0.05, 0) is 54.6 Å². The highest BCUT2D eigenvalue weighted by Gasteiger charge is 2.42. The van der Waals surface area contributed by atoms with Gasteiger partial charge in [0.25, 0.3) is 0 Å². The Balaban J connectivity index is 1.68. The molecule has 1 N–H and O–H groups in total. The van der Waals surface area contributed by atoms with Gasteiger partial charge in [-0.25, -0.2) is 0 Å². The molecule has 1 aromatic carbocycles. The van der Waals surface area contributed by atoms with E-state index >= 15 is 0 Å². The minimum Gasteiger partial charge on any atom is -0.414 e. The largest absolute Gasteiger partial charge is 0.414 e. The van der Waals surface area contributed by atoms with Crippen molar-refractivity contribution in [2.45, 2.75) is 63.8 Å². The van der Waals surface area contributed by atoms with Crippen LogP contribution in [0.3, 0.4) is 0 Å². The lowest BCUT2D eigenvalue weighted by Crippen LogP contribution is -2.47. The molecule has 0 amide bonds. The van der Waals surface area contributed by atoms with E-state index in [2.05, 4.69) is 63.1 Å². The summed E-state index contributed by atoms with van der Waals surface area (Å²) in [6.07, 6.45) is 4.86. The first kappa shape index (κ1) is 14.9. The van der Waals surface area contributed by atoms with Crippen molar-refractivity contribution >= 4 is 19.2 Å². The summed E-state index contributed by atoms with van der Waals surface area (Å²) < 4.78 is 6.51. The van der Waals surface area contributed by atoms with Crippen LogP contribution in [0.1, 0.15) is 45.1 Å². The lowest BCUT2D eigenvalue weighted by atomic mass is 9.76. The summed E-state index contributed by atoms with van der Waals surface area (Å²) in [4.78, 5) is 3.31. The van der Waals surface area contributed by atoms with E-state index in [1.54, 1.807) is 0 Å². The number of nitrogens with one attached hydrogen (secondary N) is 1. The number of fused-ring (bicyclic) bond motifs is 1. The molecular weight excluding hydrogens is 274 g/mol. The van der Waals surface area contributed by atoms with Crippen molar-refractivity contribution < 1.29 is 4.43 Å². The van der Waals surface area contributed by atoms with Crippen molar-refractivity contribution in [3.63, 3.8) is 0 Å². The molecule has 0 saturated heterocycles. The molecule has 2 nitrogen and oxygen atoms in total. The summed E-state index contributed by atoms with van der Waals surface area (Å²) in [6.45, 7) is 11.7. The van der Waals surface area contributed by atoms with Crippen LogP contribution in [0.15, 0.2) is 30.5 Å². The molecule has 0 radical (unpaired) electrons. The first-order valence-corrected chi connectivity index (χ1v) is 10.9. The van der Waals surface area contributed by atoms with Crippen molar-refractivity contribution in [1.82, 2.24) is 4.98 Å². The van der Waals surface area contributed by atoms with Crippen LogP contribution in [0.4, 0.5) is 0 Å². The second kappa shape index (κ2) is 4.99. The standard InChI is InChI=1S/C18H27NOSi/c1-18(2,3)21(4,5)20-14-11-13(12-14)15-7-6-8-17-16(15)9-10-19-17/h6-10,13-14,19H,11-12H2,1-5H3. The lowest BCUT2D eigenvalue weighted by molar-refractivity contribution is 0.0846. The summed E-state index contributed by atoms with van der Waals surface area (Å²) in [6, 6.07) is 8.80. The van der Waals surface area contributed by atoms with Gasteiger partial charge in [-0.2, -0.15) is 0 Å². The van der Waals surface area contributed by atoms with Crippen molar-refractivity contribution in [1.29, 1.82) is 0 Å². The molecule has 1 fully saturated rings. The molecular formula is C18H27NOSi. The normalized spacial score (nSPS) is 23.3. The first-order chi connectivity index (χ1) is 9.78. The smallest absolute Gasteiger partial charge is 0.192 e. The monoisotopic (exact) mass is 301 g/mol. The van der Waals surface area contributed by atoms with E-state index in [-0.39, 0.29) is 0 Å². The molecule has 0 atom stereocenters. The molecule has 0 unspecified atom stereocenters. The number of aromatic amines is 1. The molecule has 3 rings (SSSR count). The number of hydrogen-bond donors (Lipinski definition) is 1. The Morgan fingerprint density at radius 3 is 2.52 bits per heavy atom. The van der Waals surface area contributed by atoms with Crippen LogP contribution in [-0.4, -0.2) is 19.4 Å². The summed E-state index contributed by atoms with van der Waals surface area (Å²) in [5, 5.41) is 1.69. The fourth-order valence-corrected chi connectivity index (χ4v) is 4.35. The third-order valence-corrected chi connectivity index (χ3v) is 9.97. The molecule has 3 heteroatoms. The van der Waals surface area contributed by atoms with Gasteiger partial charge in [-0.1, -0.05) is 32.9 Å². The SMILES string of the molecule is CC(C)(C)[Si](C)(C)OC1CC(c2cccc3[nH]ccc23)C1. The maximum absolute atomic E-state index is 6.51. The number of rotatable bonds is 3. The van der Waals surface area contributed by atoms with Crippen molar-refractivity contribution in [3.05, 3.63) is 36.0 Å². The molecule has 0 aliphatic heterocycles. The third kappa shape index (κ3) is 2.69. The zero-order chi connectivity index (χ0) is 15.3. The molecule has 21 heavy (non-hydrogen) atoms. The zero-order valence-corrected chi connectivity index (χ0v) is 14.9. The van der Waals surface area contributed by atoms with Crippen LogP contribution in [0, 0.1) is 0 Å². The van der Waals surface area contributed by atoms with Gasteiger partial charge < -0.3 is 9.41 Å². The van der Waals surface area contributed by atoms with Crippen LogP contribution < -0.4 is 0 Å². The fourth-order valence-electron chi connectivity index (χ4n) is 2.97. The van der Waals surface area contributed by atoms with Crippen LogP contribution in [0.5, 0.6) is 0 Å². The predicted molar refractivity (Wildman–Crippen MR) is 92.3 cm³/mol. The summed E-state index contributed by atoms with van der Waals surface area (Å²) in [5.74, 6) is 0.666. The van der Waals surface area contributed by atoms with E-state index in [1.807, 2.05) is 6.20 Å². The Labute approximate surface area is 129 Å². The minimum atomic E-state index is -1.62. The van der Waals surface area contributed by atoms with Gasteiger partial charge in [0, 0.05) is 23.2 Å². The number of aromatic nitrogens is 1. The van der Waals surface area contributed by atoms with Crippen molar-refractivity contribution in [2.24, 2.45) is 0 Å². The Kier molecular flexibility index (Phi) is 3.53. The van der Waals surface area contributed by atoms with Crippen molar-refractivity contribution in [2.75, 3.05) is 0 Å². The van der Waals surface area contributed by atoms with Crippen LogP contribution in [0.25, 0.3) is 10.9 Å². The number of hydrogen-bond acceptors (Lipinski definition) is 1. The molecule has 1 aromatic heterocycles.